The Hall–Kier alpha value is -1.62. The third-order valence-corrected chi connectivity index (χ3v) is 4.56. The van der Waals surface area contributed by atoms with E-state index in [0.717, 1.165) is 24.1 Å². The molecular weight excluding hydrogens is 284 g/mol. The summed E-state index contributed by atoms with van der Waals surface area (Å²) in [4.78, 5) is 27.2. The predicted molar refractivity (Wildman–Crippen MR) is 84.9 cm³/mol. The van der Waals surface area contributed by atoms with Crippen molar-refractivity contribution in [3.05, 3.63) is 34.5 Å². The molecule has 0 saturated heterocycles. The van der Waals surface area contributed by atoms with Crippen molar-refractivity contribution in [3.8, 4) is 0 Å². The number of amides is 2. The van der Waals surface area contributed by atoms with Gasteiger partial charge in [-0.2, -0.15) is 0 Å². The van der Waals surface area contributed by atoms with Gasteiger partial charge in [0, 0.05) is 17.3 Å². The lowest BCUT2D eigenvalue weighted by Gasteiger charge is -2.26. The second kappa shape index (κ2) is 7.98. The Kier molecular flexibility index (Phi) is 5.99. The molecule has 1 aliphatic carbocycles. The van der Waals surface area contributed by atoms with Crippen molar-refractivity contribution in [1.29, 1.82) is 0 Å². The fraction of sp³-hybridized carbons (Fsp3) is 0.500. The third kappa shape index (κ3) is 4.70. The Bertz CT molecular complexity index is 496. The van der Waals surface area contributed by atoms with Crippen LogP contribution in [-0.4, -0.2) is 29.8 Å². The Balaban J connectivity index is 1.81. The number of rotatable bonds is 6. The van der Waals surface area contributed by atoms with Crippen LogP contribution in [0.3, 0.4) is 0 Å². The molecule has 1 aliphatic rings. The molecule has 5 heteroatoms. The van der Waals surface area contributed by atoms with E-state index < -0.39 is 0 Å². The van der Waals surface area contributed by atoms with Gasteiger partial charge in [-0.3, -0.25) is 9.59 Å². The monoisotopic (exact) mass is 306 g/mol. The van der Waals surface area contributed by atoms with E-state index in [1.807, 2.05) is 24.4 Å². The van der Waals surface area contributed by atoms with Crippen LogP contribution in [0, 0.1) is 5.92 Å². The Morgan fingerprint density at radius 1 is 1.43 bits per heavy atom. The molecule has 0 unspecified atom stereocenters. The highest BCUT2D eigenvalue weighted by molar-refractivity contribution is 7.09. The van der Waals surface area contributed by atoms with Crippen LogP contribution in [0.4, 0.5) is 0 Å². The summed E-state index contributed by atoms with van der Waals surface area (Å²) in [6, 6.07) is 3.95. The fourth-order valence-corrected chi connectivity index (χ4v) is 3.09. The van der Waals surface area contributed by atoms with Gasteiger partial charge in [0.1, 0.15) is 0 Å². The number of thiophene rings is 1. The van der Waals surface area contributed by atoms with Crippen LogP contribution in [0.25, 0.3) is 0 Å². The van der Waals surface area contributed by atoms with E-state index in [0.29, 0.717) is 13.1 Å². The van der Waals surface area contributed by atoms with Crippen molar-refractivity contribution in [2.75, 3.05) is 13.1 Å². The second-order valence-electron chi connectivity index (χ2n) is 5.19. The molecule has 1 heterocycles. The van der Waals surface area contributed by atoms with E-state index in [1.54, 1.807) is 16.2 Å². The normalized spacial score (nSPS) is 17.5. The summed E-state index contributed by atoms with van der Waals surface area (Å²) in [5.74, 6) is 0.0538. The van der Waals surface area contributed by atoms with Gasteiger partial charge in [0.15, 0.2) is 0 Å². The zero-order chi connectivity index (χ0) is 15.1. The number of nitrogens with zero attached hydrogens (tertiary/aromatic N) is 1. The van der Waals surface area contributed by atoms with E-state index in [1.165, 1.54) is 0 Å². The first-order valence-corrected chi connectivity index (χ1v) is 8.31. The molecule has 2 rings (SSSR count). The third-order valence-electron chi connectivity index (χ3n) is 3.69. The smallest absolute Gasteiger partial charge is 0.239 e. The quantitative estimate of drug-likeness (QED) is 0.821. The number of hydrogen-bond acceptors (Lipinski definition) is 3. The number of allylic oxidation sites excluding steroid dienone is 2. The number of hydrogen-bond donors (Lipinski definition) is 1. The summed E-state index contributed by atoms with van der Waals surface area (Å²) >= 11 is 1.62. The molecule has 0 aromatic carbocycles. The van der Waals surface area contributed by atoms with Crippen molar-refractivity contribution in [3.63, 3.8) is 0 Å². The minimum Gasteiger partial charge on any atom is -0.350 e. The molecule has 1 aromatic heterocycles. The first-order chi connectivity index (χ1) is 10.2. The van der Waals surface area contributed by atoms with Crippen LogP contribution < -0.4 is 5.32 Å². The molecule has 1 atom stereocenters. The molecule has 2 amide bonds. The average Bonchev–Trinajstić information content (AvgIpc) is 3.04. The molecule has 1 N–H and O–H groups in total. The lowest BCUT2D eigenvalue weighted by molar-refractivity contribution is -0.139. The maximum absolute atomic E-state index is 12.4. The first kappa shape index (κ1) is 15.8. The van der Waals surface area contributed by atoms with Gasteiger partial charge in [0.05, 0.1) is 13.1 Å². The molecule has 0 spiro atoms. The standard InChI is InChI=1S/C16H22N2O2S/c1-2-18(16(20)13-7-4-3-5-8-13)12-15(19)17-11-14-9-6-10-21-14/h3-4,6,9-10,13H,2,5,7-8,11-12H2,1H3,(H,17,19)/t13-/m1/s1. The first-order valence-electron chi connectivity index (χ1n) is 7.43. The van der Waals surface area contributed by atoms with E-state index in [-0.39, 0.29) is 24.3 Å². The highest BCUT2D eigenvalue weighted by Crippen LogP contribution is 2.20. The average molecular weight is 306 g/mol. The Morgan fingerprint density at radius 2 is 2.29 bits per heavy atom. The summed E-state index contributed by atoms with van der Waals surface area (Å²) in [6.07, 6.45) is 6.83. The zero-order valence-corrected chi connectivity index (χ0v) is 13.2. The van der Waals surface area contributed by atoms with Crippen LogP contribution in [0.2, 0.25) is 0 Å². The van der Waals surface area contributed by atoms with Gasteiger partial charge in [-0.25, -0.2) is 0 Å². The molecule has 0 bridgehead atoms. The van der Waals surface area contributed by atoms with Crippen molar-refractivity contribution in [2.45, 2.75) is 32.7 Å². The summed E-state index contributed by atoms with van der Waals surface area (Å²) in [5.41, 5.74) is 0. The molecule has 21 heavy (non-hydrogen) atoms. The minimum absolute atomic E-state index is 0.0417. The minimum atomic E-state index is -0.0926. The van der Waals surface area contributed by atoms with Crippen molar-refractivity contribution in [1.82, 2.24) is 10.2 Å². The lowest BCUT2D eigenvalue weighted by atomic mass is 9.93. The van der Waals surface area contributed by atoms with E-state index in [4.69, 9.17) is 0 Å². The van der Waals surface area contributed by atoms with Crippen molar-refractivity contribution < 1.29 is 9.59 Å². The highest BCUT2D eigenvalue weighted by atomic mass is 32.1. The van der Waals surface area contributed by atoms with Gasteiger partial charge in [0.25, 0.3) is 0 Å². The van der Waals surface area contributed by atoms with Crippen LogP contribution in [0.5, 0.6) is 0 Å². The largest absolute Gasteiger partial charge is 0.350 e. The van der Waals surface area contributed by atoms with Crippen LogP contribution in [0.15, 0.2) is 29.7 Å². The van der Waals surface area contributed by atoms with Gasteiger partial charge >= 0.3 is 0 Å². The lowest BCUT2D eigenvalue weighted by Crippen LogP contribution is -2.43. The number of carbonyl (C=O) groups is 2. The van der Waals surface area contributed by atoms with Crippen molar-refractivity contribution >= 4 is 23.2 Å². The molecule has 0 saturated carbocycles. The molecule has 0 radical (unpaired) electrons. The van der Waals surface area contributed by atoms with Gasteiger partial charge < -0.3 is 10.2 Å². The molecule has 0 aliphatic heterocycles. The molecular formula is C16H22N2O2S. The van der Waals surface area contributed by atoms with Gasteiger partial charge in [-0.05, 0) is 37.6 Å². The van der Waals surface area contributed by atoms with Crippen LogP contribution in [0.1, 0.15) is 31.1 Å². The molecule has 1 aromatic rings. The number of carbonyl (C=O) groups excluding carboxylic acids is 2. The van der Waals surface area contributed by atoms with Gasteiger partial charge in [-0.1, -0.05) is 18.2 Å². The maximum atomic E-state index is 12.4. The summed E-state index contributed by atoms with van der Waals surface area (Å²) in [6.45, 7) is 3.18. The molecule has 4 nitrogen and oxygen atoms in total. The summed E-state index contributed by atoms with van der Waals surface area (Å²) in [7, 11) is 0. The van der Waals surface area contributed by atoms with E-state index in [2.05, 4.69) is 17.5 Å². The highest BCUT2D eigenvalue weighted by Gasteiger charge is 2.24. The summed E-state index contributed by atoms with van der Waals surface area (Å²) < 4.78 is 0. The summed E-state index contributed by atoms with van der Waals surface area (Å²) in [5, 5.41) is 4.86. The fourth-order valence-electron chi connectivity index (χ4n) is 2.45. The SMILES string of the molecule is CCN(CC(=O)NCc1cccs1)C(=O)[C@@H]1CC=CCC1. The molecule has 114 valence electrons. The van der Waals surface area contributed by atoms with Gasteiger partial charge in [0.2, 0.25) is 11.8 Å². The van der Waals surface area contributed by atoms with Crippen LogP contribution >= 0.6 is 11.3 Å². The van der Waals surface area contributed by atoms with E-state index >= 15 is 0 Å². The predicted octanol–water partition coefficient (Wildman–Crippen LogP) is 2.57. The van der Waals surface area contributed by atoms with Gasteiger partial charge in [-0.15, -0.1) is 11.3 Å². The van der Waals surface area contributed by atoms with E-state index in [9.17, 15) is 9.59 Å². The van der Waals surface area contributed by atoms with Crippen molar-refractivity contribution in [2.24, 2.45) is 5.92 Å². The molecule has 0 fully saturated rings. The Morgan fingerprint density at radius 3 is 2.90 bits per heavy atom. The zero-order valence-electron chi connectivity index (χ0n) is 12.4. The topological polar surface area (TPSA) is 49.4 Å². The maximum Gasteiger partial charge on any atom is 0.239 e. The number of likely N-dealkylation sites (N-methyl/N-ethyl adjacent to an activating group) is 1. The number of nitrogens with one attached hydrogen (secondary N) is 1. The Labute approximate surface area is 129 Å². The second-order valence-corrected chi connectivity index (χ2v) is 6.22. The van der Waals surface area contributed by atoms with Crippen LogP contribution in [-0.2, 0) is 16.1 Å².